The van der Waals surface area contributed by atoms with Gasteiger partial charge in [-0.25, -0.2) is 4.98 Å². The van der Waals surface area contributed by atoms with E-state index in [9.17, 15) is 4.79 Å². The molecule has 1 amide bonds. The van der Waals surface area contributed by atoms with Gasteiger partial charge in [-0.15, -0.1) is 0 Å². The van der Waals surface area contributed by atoms with Crippen molar-refractivity contribution in [3.05, 3.63) is 36.7 Å². The summed E-state index contributed by atoms with van der Waals surface area (Å²) in [7, 11) is 3.61. The molecule has 0 N–H and O–H groups in total. The van der Waals surface area contributed by atoms with Gasteiger partial charge < -0.3 is 19.1 Å². The molecule has 1 aromatic carbocycles. The van der Waals surface area contributed by atoms with Crippen LogP contribution in [0.25, 0.3) is 0 Å². The number of rotatable bonds is 5. The van der Waals surface area contributed by atoms with E-state index in [2.05, 4.69) is 22.0 Å². The maximum absolute atomic E-state index is 12.4. The van der Waals surface area contributed by atoms with E-state index in [-0.39, 0.29) is 5.91 Å². The summed E-state index contributed by atoms with van der Waals surface area (Å²) in [6.45, 7) is 3.22. The Bertz CT molecular complexity index is 678. The van der Waals surface area contributed by atoms with Gasteiger partial charge in [-0.1, -0.05) is 11.8 Å². The Hall–Kier alpha value is -2.15. The van der Waals surface area contributed by atoms with Crippen LogP contribution in [0.2, 0.25) is 0 Å². The van der Waals surface area contributed by atoms with Crippen molar-refractivity contribution in [1.82, 2.24) is 14.5 Å². The summed E-state index contributed by atoms with van der Waals surface area (Å²) in [5.41, 5.74) is 1.17. The normalized spacial score (nSPS) is 14.8. The fourth-order valence-corrected chi connectivity index (χ4v) is 3.55. The predicted octanol–water partition coefficient (Wildman–Crippen LogP) is 1.87. The summed E-state index contributed by atoms with van der Waals surface area (Å²) in [6, 6.07) is 8.06. The molecule has 0 atom stereocenters. The predicted molar refractivity (Wildman–Crippen MR) is 95.7 cm³/mol. The standard InChI is InChI=1S/C17H22N4O2S/c1-19-8-7-18-17(19)24-13-16(22)21-11-9-20(10-12-21)14-3-5-15(23-2)6-4-14/h3-8H,9-13H2,1-2H3. The maximum atomic E-state index is 12.4. The zero-order chi connectivity index (χ0) is 16.9. The summed E-state index contributed by atoms with van der Waals surface area (Å²) in [6.07, 6.45) is 3.64. The van der Waals surface area contributed by atoms with E-state index in [0.717, 1.165) is 37.1 Å². The molecule has 1 fully saturated rings. The quantitative estimate of drug-likeness (QED) is 0.774. The first-order chi connectivity index (χ1) is 11.7. The lowest BCUT2D eigenvalue weighted by Gasteiger charge is -2.36. The molecule has 0 bridgehead atoms. The fourth-order valence-electron chi connectivity index (χ4n) is 2.72. The second-order valence-electron chi connectivity index (χ2n) is 5.68. The van der Waals surface area contributed by atoms with Crippen molar-refractivity contribution in [3.8, 4) is 5.75 Å². The molecule has 1 saturated heterocycles. The third-order valence-electron chi connectivity index (χ3n) is 4.17. The Morgan fingerprint density at radius 2 is 1.92 bits per heavy atom. The van der Waals surface area contributed by atoms with Crippen LogP contribution in [-0.4, -0.2) is 59.4 Å². The molecular formula is C17H22N4O2S. The van der Waals surface area contributed by atoms with Gasteiger partial charge in [0.15, 0.2) is 5.16 Å². The van der Waals surface area contributed by atoms with Crippen LogP contribution in [0.3, 0.4) is 0 Å². The van der Waals surface area contributed by atoms with Crippen LogP contribution in [-0.2, 0) is 11.8 Å². The first-order valence-corrected chi connectivity index (χ1v) is 8.93. The monoisotopic (exact) mass is 346 g/mol. The van der Waals surface area contributed by atoms with Crippen LogP contribution >= 0.6 is 11.8 Å². The average molecular weight is 346 g/mol. The largest absolute Gasteiger partial charge is 0.497 e. The maximum Gasteiger partial charge on any atom is 0.233 e. The molecule has 0 saturated carbocycles. The molecule has 0 unspecified atom stereocenters. The van der Waals surface area contributed by atoms with Gasteiger partial charge >= 0.3 is 0 Å². The second kappa shape index (κ2) is 7.61. The van der Waals surface area contributed by atoms with E-state index in [4.69, 9.17) is 4.74 Å². The third kappa shape index (κ3) is 3.84. The zero-order valence-electron chi connectivity index (χ0n) is 14.0. The van der Waals surface area contributed by atoms with Crippen molar-refractivity contribution in [2.45, 2.75) is 5.16 Å². The van der Waals surface area contributed by atoms with Gasteiger partial charge in [0.05, 0.1) is 12.9 Å². The van der Waals surface area contributed by atoms with Crippen LogP contribution in [0.5, 0.6) is 5.75 Å². The Morgan fingerprint density at radius 3 is 2.50 bits per heavy atom. The number of aromatic nitrogens is 2. The number of carbonyl (C=O) groups is 1. The topological polar surface area (TPSA) is 50.6 Å². The minimum absolute atomic E-state index is 0.178. The minimum Gasteiger partial charge on any atom is -0.497 e. The van der Waals surface area contributed by atoms with Crippen molar-refractivity contribution in [2.75, 3.05) is 43.9 Å². The summed E-state index contributed by atoms with van der Waals surface area (Å²) >= 11 is 1.49. The molecule has 0 radical (unpaired) electrons. The lowest BCUT2D eigenvalue weighted by Crippen LogP contribution is -2.49. The van der Waals surface area contributed by atoms with E-state index in [1.165, 1.54) is 17.4 Å². The van der Waals surface area contributed by atoms with Crippen molar-refractivity contribution in [1.29, 1.82) is 0 Å². The minimum atomic E-state index is 0.178. The Kier molecular flexibility index (Phi) is 5.30. The number of thioether (sulfide) groups is 1. The number of anilines is 1. The molecule has 1 aromatic heterocycles. The number of amides is 1. The molecule has 2 heterocycles. The highest BCUT2D eigenvalue weighted by Crippen LogP contribution is 2.21. The first-order valence-electron chi connectivity index (χ1n) is 7.94. The molecular weight excluding hydrogens is 324 g/mol. The van der Waals surface area contributed by atoms with Gasteiger partial charge in [-0.05, 0) is 24.3 Å². The number of carbonyl (C=O) groups excluding carboxylic acids is 1. The van der Waals surface area contributed by atoms with Gasteiger partial charge in [0.2, 0.25) is 5.91 Å². The molecule has 1 aliphatic heterocycles. The molecule has 0 spiro atoms. The number of hydrogen-bond acceptors (Lipinski definition) is 5. The SMILES string of the molecule is COc1ccc(N2CCN(C(=O)CSc3nccn3C)CC2)cc1. The number of aryl methyl sites for hydroxylation is 1. The molecule has 3 rings (SSSR count). The van der Waals surface area contributed by atoms with E-state index >= 15 is 0 Å². The van der Waals surface area contributed by atoms with Crippen LogP contribution in [0.1, 0.15) is 0 Å². The number of methoxy groups -OCH3 is 1. The van der Waals surface area contributed by atoms with E-state index < -0.39 is 0 Å². The van der Waals surface area contributed by atoms with Crippen molar-refractivity contribution < 1.29 is 9.53 Å². The molecule has 6 nitrogen and oxygen atoms in total. The number of nitrogens with zero attached hydrogens (tertiary/aromatic N) is 4. The van der Waals surface area contributed by atoms with Gasteiger partial charge in [0.25, 0.3) is 0 Å². The first kappa shape index (κ1) is 16.7. The Morgan fingerprint density at radius 1 is 1.21 bits per heavy atom. The van der Waals surface area contributed by atoms with Crippen molar-refractivity contribution in [3.63, 3.8) is 0 Å². The van der Waals surface area contributed by atoms with Gasteiger partial charge in [0.1, 0.15) is 5.75 Å². The average Bonchev–Trinajstić information content (AvgIpc) is 3.05. The van der Waals surface area contributed by atoms with Crippen LogP contribution in [0.15, 0.2) is 41.8 Å². The molecule has 0 aliphatic carbocycles. The summed E-state index contributed by atoms with van der Waals surface area (Å²) in [5.74, 6) is 1.48. The smallest absolute Gasteiger partial charge is 0.233 e. The second-order valence-corrected chi connectivity index (χ2v) is 6.62. The van der Waals surface area contributed by atoms with Gasteiger partial charge in [0, 0.05) is 51.3 Å². The number of hydrogen-bond donors (Lipinski definition) is 0. The van der Waals surface area contributed by atoms with Gasteiger partial charge in [-0.3, -0.25) is 4.79 Å². The van der Waals surface area contributed by atoms with Crippen LogP contribution < -0.4 is 9.64 Å². The summed E-state index contributed by atoms with van der Waals surface area (Å²) < 4.78 is 7.12. The number of ether oxygens (including phenoxy) is 1. The molecule has 7 heteroatoms. The summed E-state index contributed by atoms with van der Waals surface area (Å²) in [4.78, 5) is 20.8. The van der Waals surface area contributed by atoms with Crippen molar-refractivity contribution >= 4 is 23.4 Å². The molecule has 128 valence electrons. The van der Waals surface area contributed by atoms with Crippen molar-refractivity contribution in [2.24, 2.45) is 7.05 Å². The summed E-state index contributed by atoms with van der Waals surface area (Å²) in [5, 5.41) is 0.875. The molecule has 24 heavy (non-hydrogen) atoms. The highest BCUT2D eigenvalue weighted by atomic mass is 32.2. The highest BCUT2D eigenvalue weighted by Gasteiger charge is 2.21. The third-order valence-corrected chi connectivity index (χ3v) is 5.21. The molecule has 2 aromatic rings. The number of imidazole rings is 1. The zero-order valence-corrected chi connectivity index (χ0v) is 14.8. The Labute approximate surface area is 146 Å². The van der Waals surface area contributed by atoms with E-state index in [1.54, 1.807) is 13.3 Å². The lowest BCUT2D eigenvalue weighted by atomic mass is 10.2. The highest BCUT2D eigenvalue weighted by molar-refractivity contribution is 7.99. The van der Waals surface area contributed by atoms with Crippen LogP contribution in [0, 0.1) is 0 Å². The fraction of sp³-hybridized carbons (Fsp3) is 0.412. The van der Waals surface area contributed by atoms with E-state index in [1.807, 2.05) is 34.8 Å². The molecule has 1 aliphatic rings. The lowest BCUT2D eigenvalue weighted by molar-refractivity contribution is -0.128. The van der Waals surface area contributed by atoms with Gasteiger partial charge in [-0.2, -0.15) is 0 Å². The Balaban J connectivity index is 1.49. The number of piperazine rings is 1. The van der Waals surface area contributed by atoms with E-state index in [0.29, 0.717) is 5.75 Å². The number of benzene rings is 1. The van der Waals surface area contributed by atoms with Crippen LogP contribution in [0.4, 0.5) is 5.69 Å².